The number of fused-ring (bicyclic) bond motifs is 2. The van der Waals surface area contributed by atoms with Crippen molar-refractivity contribution < 1.29 is 14.4 Å². The second-order valence-corrected chi connectivity index (χ2v) is 5.34. The van der Waals surface area contributed by atoms with Crippen molar-refractivity contribution in [3.63, 3.8) is 0 Å². The minimum absolute atomic E-state index is 0.188. The third-order valence-electron chi connectivity index (χ3n) is 4.25. The molecule has 2 aliphatic heterocycles. The zero-order valence-electron chi connectivity index (χ0n) is 10.4. The molecule has 1 aromatic rings. The van der Waals surface area contributed by atoms with E-state index in [9.17, 15) is 4.79 Å². The third kappa shape index (κ3) is 2.01. The van der Waals surface area contributed by atoms with E-state index in [-0.39, 0.29) is 12.3 Å². The van der Waals surface area contributed by atoms with Gasteiger partial charge in [-0.2, -0.15) is 4.98 Å². The van der Waals surface area contributed by atoms with Gasteiger partial charge in [0.15, 0.2) is 5.82 Å². The molecule has 3 rings (SSSR count). The number of aromatic nitrogens is 2. The van der Waals surface area contributed by atoms with Crippen molar-refractivity contribution in [1.29, 1.82) is 0 Å². The molecule has 1 aromatic heterocycles. The lowest BCUT2D eigenvalue weighted by Gasteiger charge is -2.34. The van der Waals surface area contributed by atoms with Crippen molar-refractivity contribution in [2.45, 2.75) is 50.1 Å². The number of aliphatic carboxylic acids is 1. The first-order chi connectivity index (χ1) is 8.63. The molecule has 0 amide bonds. The summed E-state index contributed by atoms with van der Waals surface area (Å²) in [5.41, 5.74) is 0. The van der Waals surface area contributed by atoms with E-state index in [4.69, 9.17) is 9.63 Å². The molecule has 6 nitrogen and oxygen atoms in total. The maximum absolute atomic E-state index is 10.6. The van der Waals surface area contributed by atoms with Crippen molar-refractivity contribution in [1.82, 2.24) is 15.0 Å². The van der Waals surface area contributed by atoms with Crippen molar-refractivity contribution >= 4 is 5.97 Å². The first kappa shape index (κ1) is 11.6. The maximum Gasteiger partial charge on any atom is 0.312 e. The topological polar surface area (TPSA) is 79.5 Å². The average Bonchev–Trinajstić information content (AvgIpc) is 2.81. The van der Waals surface area contributed by atoms with E-state index < -0.39 is 5.97 Å². The van der Waals surface area contributed by atoms with E-state index in [1.807, 2.05) is 0 Å². The molecule has 98 valence electrons. The number of rotatable bonds is 3. The van der Waals surface area contributed by atoms with Gasteiger partial charge in [-0.1, -0.05) is 5.16 Å². The van der Waals surface area contributed by atoms with Gasteiger partial charge >= 0.3 is 5.97 Å². The summed E-state index contributed by atoms with van der Waals surface area (Å²) in [6.45, 7) is 0. The predicted molar refractivity (Wildman–Crippen MR) is 62.2 cm³/mol. The van der Waals surface area contributed by atoms with Gasteiger partial charge in [0.25, 0.3) is 0 Å². The summed E-state index contributed by atoms with van der Waals surface area (Å²) in [6, 6.07) is 1.24. The Morgan fingerprint density at radius 2 is 2.11 bits per heavy atom. The monoisotopic (exact) mass is 251 g/mol. The van der Waals surface area contributed by atoms with Gasteiger partial charge in [-0.3, -0.25) is 4.79 Å². The Morgan fingerprint density at radius 3 is 2.72 bits per heavy atom. The van der Waals surface area contributed by atoms with E-state index in [2.05, 4.69) is 22.1 Å². The molecule has 2 aliphatic rings. The van der Waals surface area contributed by atoms with Crippen LogP contribution in [-0.2, 0) is 11.2 Å². The standard InChI is InChI=1S/C12H17N3O3/c1-15-8-2-3-9(15)5-7(4-8)12-13-10(18-14-12)6-11(16)17/h7-9H,2-6H2,1H3,(H,16,17). The summed E-state index contributed by atoms with van der Waals surface area (Å²) in [7, 11) is 2.19. The summed E-state index contributed by atoms with van der Waals surface area (Å²) in [6.07, 6.45) is 4.42. The van der Waals surface area contributed by atoms with E-state index >= 15 is 0 Å². The number of carbonyl (C=O) groups is 1. The highest BCUT2D eigenvalue weighted by Gasteiger charge is 2.40. The Labute approximate surface area is 105 Å². The van der Waals surface area contributed by atoms with Gasteiger partial charge in [-0.15, -0.1) is 0 Å². The number of carboxylic acid groups (broad SMARTS) is 1. The van der Waals surface area contributed by atoms with Crippen LogP contribution in [0, 0.1) is 0 Å². The SMILES string of the molecule is CN1C2CCC1CC(c1noc(CC(=O)O)n1)C2. The normalized spacial score (nSPS) is 31.7. The molecule has 2 fully saturated rings. The fourth-order valence-corrected chi connectivity index (χ4v) is 3.26. The quantitative estimate of drug-likeness (QED) is 0.864. The maximum atomic E-state index is 10.6. The number of nitrogens with zero attached hydrogens (tertiary/aromatic N) is 3. The van der Waals surface area contributed by atoms with Crippen LogP contribution < -0.4 is 0 Å². The van der Waals surface area contributed by atoms with Crippen LogP contribution in [0.25, 0.3) is 0 Å². The highest BCUT2D eigenvalue weighted by atomic mass is 16.5. The van der Waals surface area contributed by atoms with Crippen LogP contribution in [0.15, 0.2) is 4.52 Å². The van der Waals surface area contributed by atoms with Crippen LogP contribution in [0.1, 0.15) is 43.3 Å². The summed E-state index contributed by atoms with van der Waals surface area (Å²) in [4.78, 5) is 17.2. The Hall–Kier alpha value is -1.43. The van der Waals surface area contributed by atoms with Gasteiger partial charge in [0, 0.05) is 18.0 Å². The molecular formula is C12H17N3O3. The van der Waals surface area contributed by atoms with E-state index in [1.54, 1.807) is 0 Å². The molecule has 0 radical (unpaired) electrons. The molecule has 0 aromatic carbocycles. The first-order valence-electron chi connectivity index (χ1n) is 6.39. The van der Waals surface area contributed by atoms with E-state index in [0.717, 1.165) is 12.8 Å². The smallest absolute Gasteiger partial charge is 0.312 e. The Bertz CT molecular complexity index is 445. The first-order valence-corrected chi connectivity index (χ1v) is 6.39. The van der Waals surface area contributed by atoms with Gasteiger partial charge < -0.3 is 14.5 Å². The summed E-state index contributed by atoms with van der Waals surface area (Å²) in [5.74, 6) is 0.290. The fourth-order valence-electron chi connectivity index (χ4n) is 3.26. The number of hydrogen-bond acceptors (Lipinski definition) is 5. The second-order valence-electron chi connectivity index (χ2n) is 5.34. The summed E-state index contributed by atoms with van der Waals surface area (Å²) >= 11 is 0. The van der Waals surface area contributed by atoms with Gasteiger partial charge in [-0.25, -0.2) is 0 Å². The van der Waals surface area contributed by atoms with Gasteiger partial charge in [0.2, 0.25) is 5.89 Å². The highest BCUT2D eigenvalue weighted by Crippen LogP contribution is 2.41. The highest BCUT2D eigenvalue weighted by molar-refractivity contribution is 5.68. The molecule has 0 spiro atoms. The van der Waals surface area contributed by atoms with Crippen LogP contribution in [0.5, 0.6) is 0 Å². The minimum Gasteiger partial charge on any atom is -0.481 e. The lowest BCUT2D eigenvalue weighted by atomic mass is 9.90. The van der Waals surface area contributed by atoms with Crippen molar-refractivity contribution in [2.75, 3.05) is 7.05 Å². The molecular weight excluding hydrogens is 234 g/mol. The van der Waals surface area contributed by atoms with Gasteiger partial charge in [0.1, 0.15) is 6.42 Å². The average molecular weight is 251 g/mol. The fraction of sp³-hybridized carbons (Fsp3) is 0.750. The molecule has 2 atom stereocenters. The largest absolute Gasteiger partial charge is 0.481 e. The van der Waals surface area contributed by atoms with Crippen LogP contribution in [0.2, 0.25) is 0 Å². The molecule has 18 heavy (non-hydrogen) atoms. The Morgan fingerprint density at radius 1 is 1.44 bits per heavy atom. The van der Waals surface area contributed by atoms with Crippen molar-refractivity contribution in [2.24, 2.45) is 0 Å². The molecule has 1 N–H and O–H groups in total. The van der Waals surface area contributed by atoms with Gasteiger partial charge in [-0.05, 0) is 32.7 Å². The Balaban J connectivity index is 1.72. The molecule has 0 saturated carbocycles. The minimum atomic E-state index is -0.936. The van der Waals surface area contributed by atoms with E-state index in [0.29, 0.717) is 23.8 Å². The zero-order valence-corrected chi connectivity index (χ0v) is 10.4. The number of hydrogen-bond donors (Lipinski definition) is 1. The molecule has 2 unspecified atom stereocenters. The van der Waals surface area contributed by atoms with Crippen LogP contribution >= 0.6 is 0 Å². The van der Waals surface area contributed by atoms with E-state index in [1.165, 1.54) is 12.8 Å². The number of piperidine rings is 1. The lowest BCUT2D eigenvalue weighted by Crippen LogP contribution is -2.39. The van der Waals surface area contributed by atoms with Crippen molar-refractivity contribution in [3.05, 3.63) is 11.7 Å². The second kappa shape index (κ2) is 4.35. The van der Waals surface area contributed by atoms with Crippen molar-refractivity contribution in [3.8, 4) is 0 Å². The molecule has 6 heteroatoms. The number of carboxylic acids is 1. The van der Waals surface area contributed by atoms with Crippen LogP contribution in [-0.4, -0.2) is 45.2 Å². The molecule has 0 aliphatic carbocycles. The Kier molecular flexibility index (Phi) is 2.81. The zero-order chi connectivity index (χ0) is 12.7. The molecule has 2 bridgehead atoms. The van der Waals surface area contributed by atoms with Crippen LogP contribution in [0.3, 0.4) is 0 Å². The third-order valence-corrected chi connectivity index (χ3v) is 4.25. The van der Waals surface area contributed by atoms with Gasteiger partial charge in [0.05, 0.1) is 0 Å². The summed E-state index contributed by atoms with van der Waals surface area (Å²) in [5, 5.41) is 12.6. The lowest BCUT2D eigenvalue weighted by molar-refractivity contribution is -0.136. The molecule has 2 saturated heterocycles. The molecule has 3 heterocycles. The summed E-state index contributed by atoms with van der Waals surface area (Å²) < 4.78 is 4.99. The predicted octanol–water partition coefficient (Wildman–Crippen LogP) is 1.04. The van der Waals surface area contributed by atoms with Crippen LogP contribution in [0.4, 0.5) is 0 Å².